The third-order valence-corrected chi connectivity index (χ3v) is 1.69. The van der Waals surface area contributed by atoms with Gasteiger partial charge in [0.15, 0.2) is 11.4 Å². The summed E-state index contributed by atoms with van der Waals surface area (Å²) in [7, 11) is 3.78. The molecule has 4 nitrogen and oxygen atoms in total. The molecule has 1 aliphatic rings. The molecular weight excluding hydrogens is 136 g/mol. The Morgan fingerprint density at radius 2 is 2.44 bits per heavy atom. The smallest absolute Gasteiger partial charge is 0.185 e. The lowest BCUT2D eigenvalue weighted by Gasteiger charge is -2.16. The summed E-state index contributed by atoms with van der Waals surface area (Å²) in [4.78, 5) is 1.90. The summed E-state index contributed by atoms with van der Waals surface area (Å²) in [5.41, 5.74) is 5.74. The molecule has 52 valence electrons. The van der Waals surface area contributed by atoms with Crippen LogP contribution in [0.3, 0.4) is 0 Å². The van der Waals surface area contributed by atoms with E-state index in [-0.39, 0.29) is 6.29 Å². The number of hydrogen-bond donors (Lipinski definition) is 3. The van der Waals surface area contributed by atoms with E-state index < -0.39 is 0 Å². The summed E-state index contributed by atoms with van der Waals surface area (Å²) < 4.78 is 0. The standard InChI is InChI=1S/C4H10N4S/c1-5-3-6-7-4(9)8(3)2/h3,5-6H,1-2H3,(H,7,9). The van der Waals surface area contributed by atoms with Crippen LogP contribution in [-0.4, -0.2) is 30.4 Å². The second-order valence-electron chi connectivity index (χ2n) is 1.88. The molecule has 1 heterocycles. The first kappa shape index (κ1) is 6.73. The summed E-state index contributed by atoms with van der Waals surface area (Å²) in [6.07, 6.45) is 0.123. The lowest BCUT2D eigenvalue weighted by molar-refractivity contribution is 0.313. The number of rotatable bonds is 1. The van der Waals surface area contributed by atoms with Crippen LogP contribution < -0.4 is 16.2 Å². The second kappa shape index (κ2) is 2.47. The Kier molecular flexibility index (Phi) is 1.84. The summed E-state index contributed by atoms with van der Waals surface area (Å²) in [6, 6.07) is 0. The third-order valence-electron chi connectivity index (χ3n) is 1.30. The van der Waals surface area contributed by atoms with Crippen molar-refractivity contribution in [1.82, 2.24) is 21.1 Å². The fourth-order valence-corrected chi connectivity index (χ4v) is 0.863. The zero-order chi connectivity index (χ0) is 6.85. The van der Waals surface area contributed by atoms with Crippen molar-refractivity contribution in [3.63, 3.8) is 0 Å². The molecule has 3 N–H and O–H groups in total. The van der Waals surface area contributed by atoms with Crippen molar-refractivity contribution in [2.24, 2.45) is 0 Å². The predicted molar refractivity (Wildman–Crippen MR) is 39.5 cm³/mol. The molecule has 0 aromatic rings. The van der Waals surface area contributed by atoms with Gasteiger partial charge in [-0.1, -0.05) is 0 Å². The van der Waals surface area contributed by atoms with E-state index in [1.54, 1.807) is 0 Å². The summed E-state index contributed by atoms with van der Waals surface area (Å²) in [5, 5.41) is 3.73. The van der Waals surface area contributed by atoms with E-state index in [2.05, 4.69) is 16.2 Å². The van der Waals surface area contributed by atoms with Crippen molar-refractivity contribution >= 4 is 17.3 Å². The number of thiocarbonyl (C=S) groups is 1. The molecule has 0 aliphatic carbocycles. The zero-order valence-electron chi connectivity index (χ0n) is 5.43. The molecule has 1 atom stereocenters. The first-order chi connectivity index (χ1) is 4.25. The van der Waals surface area contributed by atoms with Crippen molar-refractivity contribution in [1.29, 1.82) is 0 Å². The SMILES string of the molecule is CNC1NNC(=S)N1C. The van der Waals surface area contributed by atoms with Gasteiger partial charge in [-0.15, -0.1) is 0 Å². The highest BCUT2D eigenvalue weighted by Gasteiger charge is 2.20. The van der Waals surface area contributed by atoms with Gasteiger partial charge < -0.3 is 4.90 Å². The maximum absolute atomic E-state index is 4.90. The lowest BCUT2D eigenvalue weighted by atomic mass is 10.7. The van der Waals surface area contributed by atoms with Crippen molar-refractivity contribution in [3.8, 4) is 0 Å². The maximum Gasteiger partial charge on any atom is 0.185 e. The summed E-state index contributed by atoms with van der Waals surface area (Å²) >= 11 is 4.90. The first-order valence-corrected chi connectivity index (χ1v) is 3.12. The highest BCUT2D eigenvalue weighted by Crippen LogP contribution is 1.93. The molecule has 0 spiro atoms. The van der Waals surface area contributed by atoms with E-state index in [0.29, 0.717) is 5.11 Å². The van der Waals surface area contributed by atoms with Gasteiger partial charge in [0.2, 0.25) is 0 Å². The summed E-state index contributed by atoms with van der Waals surface area (Å²) in [5.74, 6) is 0. The topological polar surface area (TPSA) is 39.3 Å². The van der Waals surface area contributed by atoms with Gasteiger partial charge in [-0.2, -0.15) is 5.43 Å². The van der Waals surface area contributed by atoms with Crippen LogP contribution >= 0.6 is 12.2 Å². The van der Waals surface area contributed by atoms with E-state index in [1.165, 1.54) is 0 Å². The van der Waals surface area contributed by atoms with Crippen LogP contribution in [0.25, 0.3) is 0 Å². The third kappa shape index (κ3) is 1.12. The van der Waals surface area contributed by atoms with Gasteiger partial charge in [-0.3, -0.25) is 10.7 Å². The molecule has 0 amide bonds. The average molecular weight is 146 g/mol. The largest absolute Gasteiger partial charge is 0.322 e. The van der Waals surface area contributed by atoms with Crippen LogP contribution in [-0.2, 0) is 0 Å². The highest BCUT2D eigenvalue weighted by molar-refractivity contribution is 7.80. The summed E-state index contributed by atoms with van der Waals surface area (Å²) in [6.45, 7) is 0. The van der Waals surface area contributed by atoms with Crippen molar-refractivity contribution in [2.75, 3.05) is 14.1 Å². The van der Waals surface area contributed by atoms with Crippen molar-refractivity contribution in [2.45, 2.75) is 6.29 Å². The Morgan fingerprint density at radius 3 is 2.67 bits per heavy atom. The van der Waals surface area contributed by atoms with Crippen LogP contribution in [0.1, 0.15) is 0 Å². The molecule has 0 aromatic carbocycles. The number of nitrogens with zero attached hydrogens (tertiary/aromatic N) is 1. The molecule has 0 saturated carbocycles. The molecule has 0 bridgehead atoms. The first-order valence-electron chi connectivity index (χ1n) is 2.71. The normalized spacial score (nSPS) is 26.7. The van der Waals surface area contributed by atoms with Gasteiger partial charge in [0.1, 0.15) is 0 Å². The quantitative estimate of drug-likeness (QED) is 0.406. The van der Waals surface area contributed by atoms with Crippen LogP contribution in [0, 0.1) is 0 Å². The van der Waals surface area contributed by atoms with E-state index in [9.17, 15) is 0 Å². The van der Waals surface area contributed by atoms with Crippen LogP contribution in [0.4, 0.5) is 0 Å². The minimum atomic E-state index is 0.123. The van der Waals surface area contributed by atoms with E-state index in [1.807, 2.05) is 19.0 Å². The monoisotopic (exact) mass is 146 g/mol. The minimum absolute atomic E-state index is 0.123. The molecule has 1 unspecified atom stereocenters. The van der Waals surface area contributed by atoms with Crippen LogP contribution in [0.15, 0.2) is 0 Å². The zero-order valence-corrected chi connectivity index (χ0v) is 6.25. The van der Waals surface area contributed by atoms with E-state index in [4.69, 9.17) is 12.2 Å². The van der Waals surface area contributed by atoms with Gasteiger partial charge in [-0.25, -0.2) is 0 Å². The number of hydrogen-bond acceptors (Lipinski definition) is 3. The Morgan fingerprint density at radius 1 is 1.78 bits per heavy atom. The highest BCUT2D eigenvalue weighted by atomic mass is 32.1. The Balaban J connectivity index is 2.51. The molecule has 1 aliphatic heterocycles. The van der Waals surface area contributed by atoms with Crippen molar-refractivity contribution in [3.05, 3.63) is 0 Å². The molecule has 1 rings (SSSR count). The van der Waals surface area contributed by atoms with Gasteiger partial charge in [0.05, 0.1) is 0 Å². The minimum Gasteiger partial charge on any atom is -0.322 e. The molecule has 0 aromatic heterocycles. The fourth-order valence-electron chi connectivity index (χ4n) is 0.698. The van der Waals surface area contributed by atoms with Crippen LogP contribution in [0.5, 0.6) is 0 Å². The van der Waals surface area contributed by atoms with Crippen LogP contribution in [0.2, 0.25) is 0 Å². The number of hydrazine groups is 1. The lowest BCUT2D eigenvalue weighted by Crippen LogP contribution is -2.45. The number of nitrogens with one attached hydrogen (secondary N) is 3. The molecule has 5 heteroatoms. The molecule has 1 saturated heterocycles. The molecule has 9 heavy (non-hydrogen) atoms. The molecular formula is C4H10N4S. The van der Waals surface area contributed by atoms with Gasteiger partial charge in [-0.05, 0) is 19.3 Å². The van der Waals surface area contributed by atoms with Gasteiger partial charge in [0, 0.05) is 7.05 Å². The van der Waals surface area contributed by atoms with E-state index in [0.717, 1.165) is 0 Å². The average Bonchev–Trinajstić information content (AvgIpc) is 2.15. The predicted octanol–water partition coefficient (Wildman–Crippen LogP) is -1.19. The van der Waals surface area contributed by atoms with Gasteiger partial charge in [0.25, 0.3) is 0 Å². The molecule has 1 fully saturated rings. The van der Waals surface area contributed by atoms with Crippen molar-refractivity contribution < 1.29 is 0 Å². The molecule has 0 radical (unpaired) electrons. The Bertz CT molecular complexity index is 126. The maximum atomic E-state index is 4.90. The fraction of sp³-hybridized carbons (Fsp3) is 0.750. The van der Waals surface area contributed by atoms with Gasteiger partial charge >= 0.3 is 0 Å². The Labute approximate surface area is 59.6 Å². The second-order valence-corrected chi connectivity index (χ2v) is 2.26. The Hall–Kier alpha value is -0.390. The van der Waals surface area contributed by atoms with E-state index >= 15 is 0 Å².